The average Bonchev–Trinajstić information content (AvgIpc) is 2.64. The zero-order valence-electron chi connectivity index (χ0n) is 15.0. The molecule has 8 heteroatoms. The monoisotopic (exact) mass is 387 g/mol. The summed E-state index contributed by atoms with van der Waals surface area (Å²) < 4.78 is 25.5. The Hall–Kier alpha value is -2.87. The first-order chi connectivity index (χ1) is 12.9. The van der Waals surface area contributed by atoms with E-state index >= 15 is 0 Å². The number of carbonyl (C=O) groups is 2. The van der Waals surface area contributed by atoms with Crippen LogP contribution < -0.4 is 14.5 Å². The van der Waals surface area contributed by atoms with E-state index in [0.717, 1.165) is 6.26 Å². The molecule has 0 spiro atoms. The predicted octanol–water partition coefficient (Wildman–Crippen LogP) is 2.22. The zero-order chi connectivity index (χ0) is 19.4. The van der Waals surface area contributed by atoms with E-state index in [1.165, 1.54) is 9.21 Å². The minimum absolute atomic E-state index is 0.0374. The van der Waals surface area contributed by atoms with Crippen LogP contribution in [0.5, 0.6) is 0 Å². The fraction of sp³-hybridized carbons (Fsp3) is 0.263. The summed E-state index contributed by atoms with van der Waals surface area (Å²) in [6.07, 6.45) is 1.63. The standard InChI is InChI=1S/C19H21N3O4S/c1-27(25,26)22(15-8-3-2-4-9-15)13-7-12-19(24)21-14-18(23)20-16-10-5-6-11-17(16)21/h2-6,8-11H,7,12-14H2,1H3,(H,20,23). The van der Waals surface area contributed by atoms with E-state index in [9.17, 15) is 18.0 Å². The first kappa shape index (κ1) is 18.9. The molecule has 142 valence electrons. The summed E-state index contributed by atoms with van der Waals surface area (Å²) in [4.78, 5) is 25.9. The number of benzene rings is 2. The van der Waals surface area contributed by atoms with Crippen LogP contribution in [0.3, 0.4) is 0 Å². The molecule has 1 aliphatic heterocycles. The Morgan fingerprint density at radius 3 is 2.48 bits per heavy atom. The van der Waals surface area contributed by atoms with E-state index in [4.69, 9.17) is 0 Å². The van der Waals surface area contributed by atoms with E-state index in [0.29, 0.717) is 23.5 Å². The Balaban J connectivity index is 1.68. The molecule has 1 aliphatic rings. The Morgan fingerprint density at radius 2 is 1.78 bits per heavy atom. The summed E-state index contributed by atoms with van der Waals surface area (Å²) in [7, 11) is -3.45. The van der Waals surface area contributed by atoms with E-state index in [1.807, 2.05) is 6.07 Å². The number of sulfonamides is 1. The summed E-state index contributed by atoms with van der Waals surface area (Å²) in [6.45, 7) is 0.153. The van der Waals surface area contributed by atoms with Crippen molar-refractivity contribution in [1.82, 2.24) is 0 Å². The van der Waals surface area contributed by atoms with Crippen LogP contribution in [-0.4, -0.2) is 39.6 Å². The van der Waals surface area contributed by atoms with Gasteiger partial charge in [0.1, 0.15) is 6.54 Å². The van der Waals surface area contributed by atoms with Crippen molar-refractivity contribution in [3.63, 3.8) is 0 Å². The Kier molecular flexibility index (Phi) is 5.46. The lowest BCUT2D eigenvalue weighted by Crippen LogP contribution is -2.42. The van der Waals surface area contributed by atoms with Gasteiger partial charge in [-0.25, -0.2) is 8.42 Å². The molecule has 2 aromatic carbocycles. The van der Waals surface area contributed by atoms with Crippen LogP contribution in [0.2, 0.25) is 0 Å². The van der Waals surface area contributed by atoms with Crippen LogP contribution in [0.25, 0.3) is 0 Å². The van der Waals surface area contributed by atoms with Gasteiger partial charge in [0.25, 0.3) is 0 Å². The van der Waals surface area contributed by atoms with Crippen molar-refractivity contribution in [2.75, 3.05) is 33.9 Å². The van der Waals surface area contributed by atoms with Gasteiger partial charge in [-0.2, -0.15) is 0 Å². The number of hydrogen-bond acceptors (Lipinski definition) is 4. The molecule has 0 fully saturated rings. The number of hydrogen-bond donors (Lipinski definition) is 1. The highest BCUT2D eigenvalue weighted by Gasteiger charge is 2.26. The van der Waals surface area contributed by atoms with E-state index in [-0.39, 0.29) is 31.3 Å². The molecule has 0 atom stereocenters. The molecule has 2 aromatic rings. The molecule has 0 aromatic heterocycles. The van der Waals surface area contributed by atoms with Gasteiger partial charge in [-0.05, 0) is 30.7 Å². The third-order valence-electron chi connectivity index (χ3n) is 4.27. The summed E-state index contributed by atoms with van der Waals surface area (Å²) in [5, 5.41) is 2.74. The molecule has 3 rings (SSSR count). The first-order valence-electron chi connectivity index (χ1n) is 8.58. The molecule has 0 radical (unpaired) electrons. The van der Waals surface area contributed by atoms with Gasteiger partial charge in [0.15, 0.2) is 0 Å². The van der Waals surface area contributed by atoms with Crippen LogP contribution in [-0.2, 0) is 19.6 Å². The number of amides is 2. The lowest BCUT2D eigenvalue weighted by Gasteiger charge is -2.29. The van der Waals surface area contributed by atoms with Gasteiger partial charge >= 0.3 is 0 Å². The number of rotatable bonds is 6. The van der Waals surface area contributed by atoms with Gasteiger partial charge < -0.3 is 10.2 Å². The summed E-state index contributed by atoms with van der Waals surface area (Å²) >= 11 is 0. The lowest BCUT2D eigenvalue weighted by molar-refractivity contribution is -0.121. The van der Waals surface area contributed by atoms with Gasteiger partial charge in [0, 0.05) is 13.0 Å². The Bertz CT molecular complexity index is 944. The number of fused-ring (bicyclic) bond motifs is 1. The number of para-hydroxylation sites is 3. The van der Waals surface area contributed by atoms with Crippen molar-refractivity contribution in [1.29, 1.82) is 0 Å². The second kappa shape index (κ2) is 7.79. The number of carbonyl (C=O) groups excluding carboxylic acids is 2. The number of nitrogens with one attached hydrogen (secondary N) is 1. The Morgan fingerprint density at radius 1 is 1.11 bits per heavy atom. The zero-order valence-corrected chi connectivity index (χ0v) is 15.8. The molecular weight excluding hydrogens is 366 g/mol. The van der Waals surface area contributed by atoms with E-state index in [1.54, 1.807) is 48.5 Å². The molecule has 0 bridgehead atoms. The third-order valence-corrected chi connectivity index (χ3v) is 5.46. The summed E-state index contributed by atoms with van der Waals surface area (Å²) in [5.74, 6) is -0.456. The van der Waals surface area contributed by atoms with Crippen molar-refractivity contribution in [2.45, 2.75) is 12.8 Å². The molecule has 0 saturated carbocycles. The van der Waals surface area contributed by atoms with Gasteiger partial charge in [0.05, 0.1) is 23.3 Å². The maximum atomic E-state index is 12.7. The molecule has 2 amide bonds. The first-order valence-corrected chi connectivity index (χ1v) is 10.4. The van der Waals surface area contributed by atoms with Crippen molar-refractivity contribution in [3.8, 4) is 0 Å². The maximum Gasteiger partial charge on any atom is 0.244 e. The smallest absolute Gasteiger partial charge is 0.244 e. The fourth-order valence-electron chi connectivity index (χ4n) is 3.05. The van der Waals surface area contributed by atoms with E-state index < -0.39 is 10.0 Å². The average molecular weight is 387 g/mol. The van der Waals surface area contributed by atoms with Crippen molar-refractivity contribution in [3.05, 3.63) is 54.6 Å². The predicted molar refractivity (Wildman–Crippen MR) is 105 cm³/mol. The van der Waals surface area contributed by atoms with Gasteiger partial charge in [-0.1, -0.05) is 30.3 Å². The van der Waals surface area contributed by atoms with Gasteiger partial charge in [-0.3, -0.25) is 13.9 Å². The number of nitrogens with zero attached hydrogens (tertiary/aromatic N) is 2. The molecule has 7 nitrogen and oxygen atoms in total. The normalized spacial score (nSPS) is 13.7. The van der Waals surface area contributed by atoms with Crippen LogP contribution in [0.1, 0.15) is 12.8 Å². The largest absolute Gasteiger partial charge is 0.323 e. The second-order valence-corrected chi connectivity index (χ2v) is 8.23. The quantitative estimate of drug-likeness (QED) is 0.823. The van der Waals surface area contributed by atoms with Crippen molar-refractivity contribution in [2.24, 2.45) is 0 Å². The molecule has 0 saturated heterocycles. The lowest BCUT2D eigenvalue weighted by atomic mass is 10.1. The summed E-state index contributed by atoms with van der Waals surface area (Å²) in [5.41, 5.74) is 1.82. The highest BCUT2D eigenvalue weighted by molar-refractivity contribution is 7.92. The molecule has 1 N–H and O–H groups in total. The fourth-order valence-corrected chi connectivity index (χ4v) is 4.01. The van der Waals surface area contributed by atoms with Crippen LogP contribution in [0, 0.1) is 0 Å². The second-order valence-electron chi connectivity index (χ2n) is 6.32. The molecule has 27 heavy (non-hydrogen) atoms. The topological polar surface area (TPSA) is 86.8 Å². The van der Waals surface area contributed by atoms with Crippen molar-refractivity contribution >= 4 is 38.9 Å². The van der Waals surface area contributed by atoms with Gasteiger partial charge in [0.2, 0.25) is 21.8 Å². The SMILES string of the molecule is CS(=O)(=O)N(CCCC(=O)N1CC(=O)Nc2ccccc21)c1ccccc1. The molecular formula is C19H21N3O4S. The van der Waals surface area contributed by atoms with Crippen LogP contribution in [0.4, 0.5) is 17.1 Å². The Labute approximate surface area is 158 Å². The minimum Gasteiger partial charge on any atom is -0.323 e. The molecule has 0 unspecified atom stereocenters. The van der Waals surface area contributed by atoms with E-state index in [2.05, 4.69) is 5.32 Å². The minimum atomic E-state index is -3.45. The van der Waals surface area contributed by atoms with Crippen molar-refractivity contribution < 1.29 is 18.0 Å². The third kappa shape index (κ3) is 4.46. The molecule has 0 aliphatic carbocycles. The van der Waals surface area contributed by atoms with Crippen LogP contribution >= 0.6 is 0 Å². The molecule has 1 heterocycles. The van der Waals surface area contributed by atoms with Gasteiger partial charge in [-0.15, -0.1) is 0 Å². The summed E-state index contributed by atoms with van der Waals surface area (Å²) in [6, 6.07) is 15.9. The van der Waals surface area contributed by atoms with Crippen LogP contribution in [0.15, 0.2) is 54.6 Å². The number of anilines is 3. The maximum absolute atomic E-state index is 12.7. The highest BCUT2D eigenvalue weighted by atomic mass is 32.2. The highest BCUT2D eigenvalue weighted by Crippen LogP contribution is 2.29.